The van der Waals surface area contributed by atoms with Crippen molar-refractivity contribution in [3.8, 4) is 0 Å². The molecule has 4 nitrogen and oxygen atoms in total. The molecule has 1 aromatic rings. The van der Waals surface area contributed by atoms with Crippen LogP contribution in [0.5, 0.6) is 0 Å². The Morgan fingerprint density at radius 1 is 1.24 bits per heavy atom. The minimum atomic E-state index is -4.74. The summed E-state index contributed by atoms with van der Waals surface area (Å²) in [7, 11) is -2.57. The first kappa shape index (κ1) is 23.4. The lowest BCUT2D eigenvalue weighted by atomic mass is 10.2. The van der Waals surface area contributed by atoms with Crippen LogP contribution in [0.25, 0.3) is 6.08 Å². The van der Waals surface area contributed by atoms with Crippen molar-refractivity contribution in [2.75, 3.05) is 18.1 Å². The fraction of sp³-hybridized carbons (Fsp3) is 0.375. The van der Waals surface area contributed by atoms with Crippen molar-refractivity contribution in [2.45, 2.75) is 22.6 Å². The van der Waals surface area contributed by atoms with E-state index >= 15 is 0 Å². The van der Waals surface area contributed by atoms with Gasteiger partial charge >= 0.3 is 12.4 Å². The van der Waals surface area contributed by atoms with E-state index in [1.54, 1.807) is 0 Å². The summed E-state index contributed by atoms with van der Waals surface area (Å²) in [6.07, 6.45) is -7.47. The number of rotatable bonds is 6. The second-order valence-corrected chi connectivity index (χ2v) is 8.29. The highest BCUT2D eigenvalue weighted by Gasteiger charge is 2.39. The van der Waals surface area contributed by atoms with Gasteiger partial charge in [0.15, 0.2) is 0 Å². The zero-order valence-electron chi connectivity index (χ0n) is 14.4. The van der Waals surface area contributed by atoms with E-state index in [0.29, 0.717) is 4.90 Å². The molecule has 29 heavy (non-hydrogen) atoms. The molecule has 2 atom stereocenters. The lowest BCUT2D eigenvalue weighted by Gasteiger charge is -2.22. The molecule has 1 amide bonds. The summed E-state index contributed by atoms with van der Waals surface area (Å²) in [5, 5.41) is -1.13. The second kappa shape index (κ2) is 8.86. The maximum atomic E-state index is 14.2. The first-order valence-corrected chi connectivity index (χ1v) is 10.1. The number of hydrogen-bond donors (Lipinski definition) is 0. The fourth-order valence-electron chi connectivity index (χ4n) is 2.35. The smallest absolute Gasteiger partial charge is 0.316 e. The molecule has 2 rings (SSSR count). The van der Waals surface area contributed by atoms with Gasteiger partial charge in [0.2, 0.25) is 5.91 Å². The van der Waals surface area contributed by atoms with Crippen LogP contribution in [-0.4, -0.2) is 57.0 Å². The van der Waals surface area contributed by atoms with Gasteiger partial charge in [-0.2, -0.15) is 26.3 Å². The van der Waals surface area contributed by atoms with Crippen molar-refractivity contribution >= 4 is 46.4 Å². The standard InChI is InChI=1S/C16H13F7N2O2S2/c1-2-9-3-10(17)11(4-12(9)29(27)8-16(21,22)23)24-5-14-25(7-15(18,19)20)13(26)6-28-14/h2-5,14H,1,6-8H2. The number of halogens is 7. The van der Waals surface area contributed by atoms with Crippen LogP contribution >= 0.6 is 11.8 Å². The van der Waals surface area contributed by atoms with Gasteiger partial charge in [0, 0.05) is 11.1 Å². The molecule has 1 saturated heterocycles. The largest absolute Gasteiger partial charge is 0.406 e. The summed E-state index contributed by atoms with van der Waals surface area (Å²) >= 11 is 0.830. The Bertz CT molecular complexity index is 853. The molecule has 2 unspecified atom stereocenters. The lowest BCUT2D eigenvalue weighted by molar-refractivity contribution is -0.157. The number of carbonyl (C=O) groups is 1. The average Bonchev–Trinajstić information content (AvgIpc) is 2.90. The van der Waals surface area contributed by atoms with Gasteiger partial charge < -0.3 is 4.90 Å². The number of alkyl halides is 6. The van der Waals surface area contributed by atoms with Crippen LogP contribution in [0.2, 0.25) is 0 Å². The number of benzene rings is 1. The predicted molar refractivity (Wildman–Crippen MR) is 96.0 cm³/mol. The van der Waals surface area contributed by atoms with Crippen LogP contribution in [0.4, 0.5) is 36.4 Å². The maximum absolute atomic E-state index is 14.2. The van der Waals surface area contributed by atoms with E-state index in [-0.39, 0.29) is 16.2 Å². The Balaban J connectivity index is 2.32. The average molecular weight is 462 g/mol. The number of nitrogens with zero attached hydrogens (tertiary/aromatic N) is 2. The molecule has 1 aromatic carbocycles. The molecule has 1 heterocycles. The summed E-state index contributed by atoms with van der Waals surface area (Å²) in [6, 6.07) is 1.60. The van der Waals surface area contributed by atoms with Crippen molar-refractivity contribution in [3.63, 3.8) is 0 Å². The van der Waals surface area contributed by atoms with Crippen molar-refractivity contribution in [1.82, 2.24) is 4.90 Å². The van der Waals surface area contributed by atoms with Gasteiger partial charge in [-0.1, -0.05) is 12.7 Å². The number of amides is 1. The number of hydrogen-bond acceptors (Lipinski definition) is 4. The van der Waals surface area contributed by atoms with Gasteiger partial charge in [0.25, 0.3) is 0 Å². The molecule has 0 saturated carbocycles. The molecule has 1 aliphatic rings. The molecule has 1 aliphatic heterocycles. The molecule has 160 valence electrons. The Morgan fingerprint density at radius 2 is 1.90 bits per heavy atom. The summed E-state index contributed by atoms with van der Waals surface area (Å²) in [4.78, 5) is 15.4. The number of carbonyl (C=O) groups excluding carboxylic acids is 1. The van der Waals surface area contributed by atoms with Crippen LogP contribution in [-0.2, 0) is 15.6 Å². The minimum Gasteiger partial charge on any atom is -0.316 e. The van der Waals surface area contributed by atoms with Gasteiger partial charge in [-0.05, 0) is 17.7 Å². The van der Waals surface area contributed by atoms with Crippen molar-refractivity contribution in [2.24, 2.45) is 4.99 Å². The highest BCUT2D eigenvalue weighted by Crippen LogP contribution is 2.31. The van der Waals surface area contributed by atoms with Crippen LogP contribution in [0.1, 0.15) is 5.56 Å². The van der Waals surface area contributed by atoms with Gasteiger partial charge in [-0.25, -0.2) is 4.39 Å². The van der Waals surface area contributed by atoms with Crippen molar-refractivity contribution in [1.29, 1.82) is 0 Å². The fourth-order valence-corrected chi connectivity index (χ4v) is 4.45. The lowest BCUT2D eigenvalue weighted by Crippen LogP contribution is -2.40. The Labute approximate surface area is 167 Å². The molecule has 0 radical (unpaired) electrons. The molecule has 0 spiro atoms. The van der Waals surface area contributed by atoms with Crippen LogP contribution in [0.3, 0.4) is 0 Å². The van der Waals surface area contributed by atoms with Gasteiger partial charge in [-0.3, -0.25) is 14.0 Å². The zero-order valence-corrected chi connectivity index (χ0v) is 16.0. The quantitative estimate of drug-likeness (QED) is 0.468. The zero-order chi connectivity index (χ0) is 22.0. The minimum absolute atomic E-state index is 0.131. The van der Waals surface area contributed by atoms with Crippen LogP contribution in [0.15, 0.2) is 28.6 Å². The van der Waals surface area contributed by atoms with E-state index in [4.69, 9.17) is 0 Å². The monoisotopic (exact) mass is 462 g/mol. The third-order valence-corrected chi connectivity index (χ3v) is 6.10. The molecule has 1 fully saturated rings. The third kappa shape index (κ3) is 6.56. The first-order valence-electron chi connectivity index (χ1n) is 7.74. The predicted octanol–water partition coefficient (Wildman–Crippen LogP) is 4.30. The summed E-state index contributed by atoms with van der Waals surface area (Å²) in [6.45, 7) is 1.81. The molecule has 0 N–H and O–H groups in total. The van der Waals surface area contributed by atoms with Crippen molar-refractivity contribution < 1.29 is 39.7 Å². The Hall–Kier alpha value is -1.89. The third-order valence-electron chi connectivity index (χ3n) is 3.54. The molecule has 13 heteroatoms. The summed E-state index contributed by atoms with van der Waals surface area (Å²) in [5.74, 6) is -3.68. The van der Waals surface area contributed by atoms with Crippen LogP contribution in [0, 0.1) is 5.82 Å². The van der Waals surface area contributed by atoms with Gasteiger partial charge in [0.1, 0.15) is 23.5 Å². The Kier molecular flexibility index (Phi) is 7.14. The summed E-state index contributed by atoms with van der Waals surface area (Å²) in [5.41, 5.74) is -0.652. The first-order chi connectivity index (χ1) is 13.3. The topological polar surface area (TPSA) is 49.7 Å². The number of thioether (sulfide) groups is 1. The maximum Gasteiger partial charge on any atom is 0.406 e. The van der Waals surface area contributed by atoms with Gasteiger partial charge in [0.05, 0.1) is 22.2 Å². The molecule has 0 bridgehead atoms. The summed E-state index contributed by atoms with van der Waals surface area (Å²) < 4.78 is 102. The van der Waals surface area contributed by atoms with E-state index in [9.17, 15) is 39.7 Å². The highest BCUT2D eigenvalue weighted by molar-refractivity contribution is 8.01. The normalized spacial score (nSPS) is 19.2. The van der Waals surface area contributed by atoms with E-state index in [0.717, 1.165) is 36.2 Å². The van der Waals surface area contributed by atoms with E-state index in [1.165, 1.54) is 0 Å². The SMILES string of the molecule is C=Cc1cc(F)c(N=CC2SCC(=O)N2CC(F)(F)F)cc1S(=O)CC(F)(F)F. The Morgan fingerprint density at radius 3 is 2.45 bits per heavy atom. The molecular weight excluding hydrogens is 449 g/mol. The second-order valence-electron chi connectivity index (χ2n) is 5.77. The van der Waals surface area contributed by atoms with Crippen molar-refractivity contribution in [3.05, 3.63) is 30.1 Å². The van der Waals surface area contributed by atoms with Gasteiger partial charge in [-0.15, -0.1) is 11.8 Å². The molecule has 0 aliphatic carbocycles. The van der Waals surface area contributed by atoms with E-state index < -0.39 is 58.2 Å². The van der Waals surface area contributed by atoms with Crippen LogP contribution < -0.4 is 0 Å². The molecular formula is C16H13F7N2O2S2. The highest BCUT2D eigenvalue weighted by atomic mass is 32.2. The molecule has 0 aromatic heterocycles. The van der Waals surface area contributed by atoms with E-state index in [2.05, 4.69) is 11.6 Å². The van der Waals surface area contributed by atoms with E-state index in [1.807, 2.05) is 0 Å². The number of aliphatic imine (C=N–C) groups is 1.